The Bertz CT molecular complexity index is 1670. The standard InChI is InChI=1S/C31H30N2O7S/c1-7-40-20-10-8-18(9-11-20)27(34)24-26(19-14-21(37-4)29(39-6)22(15-19)38-5)33(30(36)28(24)35)31-32-25-17(3)12-16(2)13-23(25)41-31/h8-15,26,34H,7H2,1-6H3/t26-/m0/s1. The number of aliphatic hydroxyl groups is 1. The van der Waals surface area contributed by atoms with Crippen molar-refractivity contribution in [3.8, 4) is 23.0 Å². The number of fused-ring (bicyclic) bond motifs is 1. The van der Waals surface area contributed by atoms with Gasteiger partial charge in [0.05, 0.1) is 49.8 Å². The molecule has 0 saturated carbocycles. The van der Waals surface area contributed by atoms with Crippen molar-refractivity contribution in [2.45, 2.75) is 26.8 Å². The lowest BCUT2D eigenvalue weighted by Gasteiger charge is -2.24. The number of carbonyl (C=O) groups is 2. The Morgan fingerprint density at radius 1 is 0.976 bits per heavy atom. The molecule has 0 bridgehead atoms. The van der Waals surface area contributed by atoms with E-state index in [9.17, 15) is 14.7 Å². The monoisotopic (exact) mass is 574 g/mol. The number of methoxy groups -OCH3 is 3. The minimum Gasteiger partial charge on any atom is -0.507 e. The lowest BCUT2D eigenvalue weighted by atomic mass is 9.94. The fourth-order valence-electron chi connectivity index (χ4n) is 5.10. The number of Topliss-reactive ketones (excluding diaryl/α,β-unsaturated/α-hetero) is 1. The predicted molar refractivity (Wildman–Crippen MR) is 158 cm³/mol. The van der Waals surface area contributed by atoms with Gasteiger partial charge in [0, 0.05) is 5.56 Å². The molecule has 1 fully saturated rings. The summed E-state index contributed by atoms with van der Waals surface area (Å²) >= 11 is 1.31. The molecule has 0 unspecified atom stereocenters. The van der Waals surface area contributed by atoms with Crippen molar-refractivity contribution in [1.82, 2.24) is 4.98 Å². The summed E-state index contributed by atoms with van der Waals surface area (Å²) in [7, 11) is 4.46. The molecule has 41 heavy (non-hydrogen) atoms. The normalized spacial score (nSPS) is 16.3. The third-order valence-electron chi connectivity index (χ3n) is 6.91. The number of hydrogen-bond acceptors (Lipinski definition) is 9. The summed E-state index contributed by atoms with van der Waals surface area (Å²) in [5.74, 6) is -0.305. The van der Waals surface area contributed by atoms with E-state index >= 15 is 0 Å². The molecule has 2 heterocycles. The van der Waals surface area contributed by atoms with Gasteiger partial charge in [-0.25, -0.2) is 4.98 Å². The van der Waals surface area contributed by atoms with Crippen LogP contribution in [0.3, 0.4) is 0 Å². The second-order valence-electron chi connectivity index (χ2n) is 9.51. The molecule has 1 aromatic heterocycles. The second kappa shape index (κ2) is 11.1. The first-order chi connectivity index (χ1) is 19.7. The maximum absolute atomic E-state index is 13.7. The van der Waals surface area contributed by atoms with E-state index in [0.717, 1.165) is 21.3 Å². The van der Waals surface area contributed by atoms with Gasteiger partial charge < -0.3 is 24.1 Å². The van der Waals surface area contributed by atoms with E-state index in [-0.39, 0.29) is 11.3 Å². The molecular formula is C31H30N2O7S. The van der Waals surface area contributed by atoms with Crippen molar-refractivity contribution in [3.05, 3.63) is 76.4 Å². The van der Waals surface area contributed by atoms with Crippen LogP contribution in [0.25, 0.3) is 16.0 Å². The SMILES string of the molecule is CCOc1ccc(C(O)=C2C(=O)C(=O)N(c3nc4c(C)cc(C)cc4s3)[C@H]2c2cc(OC)c(OC)c(OC)c2)cc1. The van der Waals surface area contributed by atoms with Crippen molar-refractivity contribution < 1.29 is 33.6 Å². The van der Waals surface area contributed by atoms with Gasteiger partial charge in [0.15, 0.2) is 16.6 Å². The zero-order chi connectivity index (χ0) is 29.4. The molecule has 0 radical (unpaired) electrons. The van der Waals surface area contributed by atoms with Crippen LogP contribution in [0, 0.1) is 13.8 Å². The van der Waals surface area contributed by atoms with Crippen LogP contribution in [0.2, 0.25) is 0 Å². The van der Waals surface area contributed by atoms with Crippen molar-refractivity contribution in [3.63, 3.8) is 0 Å². The maximum Gasteiger partial charge on any atom is 0.301 e. The van der Waals surface area contributed by atoms with Gasteiger partial charge in [0.2, 0.25) is 5.75 Å². The van der Waals surface area contributed by atoms with E-state index < -0.39 is 17.7 Å². The third kappa shape index (κ3) is 4.84. The molecule has 3 aromatic carbocycles. The molecule has 1 N–H and O–H groups in total. The van der Waals surface area contributed by atoms with Gasteiger partial charge in [-0.2, -0.15) is 0 Å². The molecular weight excluding hydrogens is 544 g/mol. The smallest absolute Gasteiger partial charge is 0.301 e. The first kappa shape index (κ1) is 28.0. The summed E-state index contributed by atoms with van der Waals surface area (Å²) in [4.78, 5) is 33.5. The van der Waals surface area contributed by atoms with Crippen LogP contribution in [0.4, 0.5) is 5.13 Å². The van der Waals surface area contributed by atoms with E-state index in [4.69, 9.17) is 23.9 Å². The summed E-state index contributed by atoms with van der Waals surface area (Å²) in [6.45, 7) is 6.30. The van der Waals surface area contributed by atoms with Crippen molar-refractivity contribution >= 4 is 44.1 Å². The molecule has 10 heteroatoms. The van der Waals surface area contributed by atoms with Gasteiger partial charge in [0.25, 0.3) is 5.78 Å². The van der Waals surface area contributed by atoms with Gasteiger partial charge >= 0.3 is 5.91 Å². The molecule has 4 aromatic rings. The number of carbonyl (C=O) groups excluding carboxylic acids is 2. The van der Waals surface area contributed by atoms with Crippen molar-refractivity contribution in [1.29, 1.82) is 0 Å². The Labute approximate surface area is 241 Å². The lowest BCUT2D eigenvalue weighted by molar-refractivity contribution is -0.132. The Balaban J connectivity index is 1.76. The molecule has 1 atom stereocenters. The number of rotatable bonds is 8. The van der Waals surface area contributed by atoms with Crippen molar-refractivity contribution in [2.24, 2.45) is 0 Å². The predicted octanol–water partition coefficient (Wildman–Crippen LogP) is 5.96. The quantitative estimate of drug-likeness (QED) is 0.156. The molecule has 1 saturated heterocycles. The first-order valence-electron chi connectivity index (χ1n) is 12.9. The van der Waals surface area contributed by atoms with E-state index in [1.807, 2.05) is 32.9 Å². The fraction of sp³-hybridized carbons (Fsp3) is 0.258. The van der Waals surface area contributed by atoms with Gasteiger partial charge in [-0.05, 0) is 79.9 Å². The van der Waals surface area contributed by atoms with E-state index in [1.54, 1.807) is 36.4 Å². The number of nitrogens with zero attached hydrogens (tertiary/aromatic N) is 2. The highest BCUT2D eigenvalue weighted by Gasteiger charge is 2.48. The third-order valence-corrected chi connectivity index (χ3v) is 7.91. The largest absolute Gasteiger partial charge is 0.507 e. The zero-order valence-corrected chi connectivity index (χ0v) is 24.4. The Kier molecular flexibility index (Phi) is 7.59. The highest BCUT2D eigenvalue weighted by atomic mass is 32.1. The number of amides is 1. The number of ether oxygens (including phenoxy) is 4. The van der Waals surface area contributed by atoms with E-state index in [0.29, 0.717) is 45.9 Å². The summed E-state index contributed by atoms with van der Waals surface area (Å²) < 4.78 is 23.0. The van der Waals surface area contributed by atoms with Gasteiger partial charge in [-0.1, -0.05) is 17.4 Å². The van der Waals surface area contributed by atoms with Crippen LogP contribution in [0.1, 0.15) is 35.2 Å². The van der Waals surface area contributed by atoms with Crippen LogP contribution in [-0.4, -0.2) is 49.7 Å². The van der Waals surface area contributed by atoms with E-state index in [2.05, 4.69) is 0 Å². The number of benzene rings is 3. The zero-order valence-electron chi connectivity index (χ0n) is 23.6. The minimum absolute atomic E-state index is 0.0828. The molecule has 0 spiro atoms. The van der Waals surface area contributed by atoms with Crippen molar-refractivity contribution in [2.75, 3.05) is 32.8 Å². The van der Waals surface area contributed by atoms with Crippen LogP contribution < -0.4 is 23.8 Å². The Hall–Kier alpha value is -4.57. The summed E-state index contributed by atoms with van der Waals surface area (Å²) in [6, 6.07) is 13.0. The van der Waals surface area contributed by atoms with Crippen LogP contribution in [0.5, 0.6) is 23.0 Å². The van der Waals surface area contributed by atoms with Gasteiger partial charge in [-0.15, -0.1) is 0 Å². The number of hydrogen-bond donors (Lipinski definition) is 1. The molecule has 5 rings (SSSR count). The molecule has 1 aliphatic rings. The van der Waals surface area contributed by atoms with Crippen LogP contribution in [-0.2, 0) is 9.59 Å². The number of aliphatic hydroxyl groups excluding tert-OH is 1. The number of aryl methyl sites for hydroxylation is 2. The fourth-order valence-corrected chi connectivity index (χ4v) is 6.27. The average molecular weight is 575 g/mol. The number of thiazole rings is 1. The summed E-state index contributed by atoms with van der Waals surface area (Å²) in [5.41, 5.74) is 3.51. The molecule has 9 nitrogen and oxygen atoms in total. The van der Waals surface area contributed by atoms with E-state index in [1.165, 1.54) is 37.6 Å². The Morgan fingerprint density at radius 3 is 2.22 bits per heavy atom. The second-order valence-corrected chi connectivity index (χ2v) is 10.5. The molecule has 1 amide bonds. The number of aromatic nitrogens is 1. The highest BCUT2D eigenvalue weighted by Crippen LogP contribution is 2.48. The minimum atomic E-state index is -1.03. The number of anilines is 1. The lowest BCUT2D eigenvalue weighted by Crippen LogP contribution is -2.29. The Morgan fingerprint density at radius 2 is 1.63 bits per heavy atom. The van der Waals surface area contributed by atoms with Gasteiger partial charge in [-0.3, -0.25) is 14.5 Å². The molecule has 0 aliphatic carbocycles. The molecule has 1 aliphatic heterocycles. The van der Waals surface area contributed by atoms with Gasteiger partial charge in [0.1, 0.15) is 11.5 Å². The highest BCUT2D eigenvalue weighted by molar-refractivity contribution is 7.22. The summed E-state index contributed by atoms with van der Waals surface area (Å²) in [5, 5.41) is 11.9. The molecule has 212 valence electrons. The maximum atomic E-state index is 13.7. The topological polar surface area (TPSA) is 107 Å². The number of ketones is 1. The summed E-state index contributed by atoms with van der Waals surface area (Å²) in [6.07, 6.45) is 0. The van der Waals surface area contributed by atoms with Crippen LogP contribution >= 0.6 is 11.3 Å². The average Bonchev–Trinajstić information content (AvgIpc) is 3.50. The first-order valence-corrected chi connectivity index (χ1v) is 13.8. The van der Waals surface area contributed by atoms with Crippen LogP contribution in [0.15, 0.2) is 54.1 Å².